The quantitative estimate of drug-likeness (QED) is 0.395. The van der Waals surface area contributed by atoms with Crippen molar-refractivity contribution < 1.29 is 9.72 Å². The molecule has 1 saturated heterocycles. The molecule has 0 aromatic heterocycles. The molecule has 1 amide bonds. The number of para-hydroxylation sites is 1. The molecule has 7 nitrogen and oxygen atoms in total. The number of nitrogens with zero attached hydrogens (tertiary/aromatic N) is 2. The Kier molecular flexibility index (Phi) is 6.58. The third kappa shape index (κ3) is 4.85. The molecule has 0 radical (unpaired) electrons. The summed E-state index contributed by atoms with van der Waals surface area (Å²) in [7, 11) is 0. The molecule has 0 spiro atoms. The van der Waals surface area contributed by atoms with Crippen LogP contribution in [0.1, 0.15) is 29.6 Å². The van der Waals surface area contributed by atoms with E-state index in [0.29, 0.717) is 11.4 Å². The van der Waals surface area contributed by atoms with E-state index in [-0.39, 0.29) is 16.4 Å². The maximum atomic E-state index is 12.5. The van der Waals surface area contributed by atoms with Crippen LogP contribution in [0.3, 0.4) is 0 Å². The number of nitro benzene ring substituents is 1. The van der Waals surface area contributed by atoms with Gasteiger partial charge in [0.2, 0.25) is 0 Å². The standard InChI is InChI=1S/C19H19BrN4O3S/c20-14-6-2-3-7-15(14)21-19(28)22-18(25)13-8-9-16(17(12-13)24(26)27)23-10-4-1-5-11-23/h2-3,6-9,12H,1,4-5,10-11H2,(H2,21,22,25,28). The van der Waals surface area contributed by atoms with Crippen LogP contribution in [0.2, 0.25) is 0 Å². The van der Waals surface area contributed by atoms with Crippen LogP contribution >= 0.6 is 28.1 Å². The summed E-state index contributed by atoms with van der Waals surface area (Å²) in [6.07, 6.45) is 3.15. The minimum atomic E-state index is -0.502. The van der Waals surface area contributed by atoms with Crippen molar-refractivity contribution in [2.24, 2.45) is 0 Å². The van der Waals surface area contributed by atoms with Crippen LogP contribution < -0.4 is 15.5 Å². The molecule has 0 atom stereocenters. The first-order valence-electron chi connectivity index (χ1n) is 8.86. The third-order valence-corrected chi connectivity index (χ3v) is 5.38. The summed E-state index contributed by atoms with van der Waals surface area (Å²) in [5.74, 6) is -0.502. The second-order valence-electron chi connectivity index (χ2n) is 6.40. The normalized spacial score (nSPS) is 13.7. The maximum absolute atomic E-state index is 12.5. The van der Waals surface area contributed by atoms with Crippen molar-refractivity contribution in [1.82, 2.24) is 5.32 Å². The lowest BCUT2D eigenvalue weighted by Crippen LogP contribution is -2.34. The number of nitrogens with one attached hydrogen (secondary N) is 2. The van der Waals surface area contributed by atoms with Gasteiger partial charge in [0.25, 0.3) is 11.6 Å². The zero-order valence-electron chi connectivity index (χ0n) is 15.0. The number of rotatable bonds is 4. The summed E-state index contributed by atoms with van der Waals surface area (Å²) in [5, 5.41) is 17.1. The van der Waals surface area contributed by atoms with Gasteiger partial charge in [0.05, 0.1) is 10.6 Å². The molecule has 3 rings (SSSR count). The summed E-state index contributed by atoms with van der Waals surface area (Å²) in [6, 6.07) is 11.9. The van der Waals surface area contributed by atoms with Gasteiger partial charge in [-0.3, -0.25) is 20.2 Å². The Balaban J connectivity index is 1.74. The number of hydrogen-bond donors (Lipinski definition) is 2. The van der Waals surface area contributed by atoms with Crippen molar-refractivity contribution in [2.75, 3.05) is 23.3 Å². The monoisotopic (exact) mass is 462 g/mol. The van der Waals surface area contributed by atoms with E-state index in [1.54, 1.807) is 18.2 Å². The Bertz CT molecular complexity index is 916. The number of carbonyl (C=O) groups is 1. The van der Waals surface area contributed by atoms with Gasteiger partial charge >= 0.3 is 0 Å². The smallest absolute Gasteiger partial charge is 0.293 e. The molecule has 0 aliphatic carbocycles. The van der Waals surface area contributed by atoms with Crippen LogP contribution in [0.5, 0.6) is 0 Å². The van der Waals surface area contributed by atoms with Crippen molar-refractivity contribution in [3.8, 4) is 0 Å². The van der Waals surface area contributed by atoms with Crippen molar-refractivity contribution in [1.29, 1.82) is 0 Å². The molecule has 1 aliphatic rings. The lowest BCUT2D eigenvalue weighted by Gasteiger charge is -2.28. The molecule has 146 valence electrons. The fourth-order valence-corrected chi connectivity index (χ4v) is 3.69. The van der Waals surface area contributed by atoms with Crippen LogP contribution in [0.4, 0.5) is 17.1 Å². The van der Waals surface area contributed by atoms with Crippen LogP contribution in [0.25, 0.3) is 0 Å². The van der Waals surface area contributed by atoms with Gasteiger partial charge in [0.1, 0.15) is 5.69 Å². The summed E-state index contributed by atoms with van der Waals surface area (Å²) in [5.41, 5.74) is 1.37. The molecule has 0 saturated carbocycles. The van der Waals surface area contributed by atoms with Crippen LogP contribution in [-0.4, -0.2) is 29.0 Å². The molecule has 1 aliphatic heterocycles. The van der Waals surface area contributed by atoms with E-state index in [1.807, 2.05) is 23.1 Å². The SMILES string of the molecule is O=C(NC(=S)Nc1ccccc1Br)c1ccc(N2CCCCC2)c([N+](=O)[O-])c1. The highest BCUT2D eigenvalue weighted by atomic mass is 79.9. The summed E-state index contributed by atoms with van der Waals surface area (Å²) in [4.78, 5) is 25.6. The van der Waals surface area contributed by atoms with Crippen molar-refractivity contribution >= 4 is 56.2 Å². The van der Waals surface area contributed by atoms with Gasteiger partial charge < -0.3 is 10.2 Å². The van der Waals surface area contributed by atoms with E-state index in [2.05, 4.69) is 26.6 Å². The minimum absolute atomic E-state index is 0.0702. The average molecular weight is 463 g/mol. The van der Waals surface area contributed by atoms with E-state index < -0.39 is 10.8 Å². The van der Waals surface area contributed by atoms with Crippen LogP contribution in [-0.2, 0) is 0 Å². The number of halogens is 1. The molecule has 0 unspecified atom stereocenters. The molecule has 2 N–H and O–H groups in total. The Morgan fingerprint density at radius 2 is 1.86 bits per heavy atom. The van der Waals surface area contributed by atoms with E-state index in [9.17, 15) is 14.9 Å². The number of thiocarbonyl (C=S) groups is 1. The maximum Gasteiger partial charge on any atom is 0.293 e. The number of piperidine rings is 1. The Morgan fingerprint density at radius 1 is 1.14 bits per heavy atom. The highest BCUT2D eigenvalue weighted by molar-refractivity contribution is 9.10. The van der Waals surface area contributed by atoms with E-state index in [4.69, 9.17) is 12.2 Å². The van der Waals surface area contributed by atoms with Crippen molar-refractivity contribution in [3.05, 3.63) is 62.6 Å². The van der Waals surface area contributed by atoms with Gasteiger partial charge in [-0.05, 0) is 71.7 Å². The van der Waals surface area contributed by atoms with Gasteiger partial charge in [0.15, 0.2) is 5.11 Å². The van der Waals surface area contributed by atoms with E-state index in [0.717, 1.165) is 36.8 Å². The Morgan fingerprint density at radius 3 is 2.54 bits per heavy atom. The summed E-state index contributed by atoms with van der Waals surface area (Å²) >= 11 is 8.57. The predicted octanol–water partition coefficient (Wildman–Crippen LogP) is 4.47. The largest absolute Gasteiger partial charge is 0.366 e. The molecular formula is C19H19BrN4O3S. The fraction of sp³-hybridized carbons (Fsp3) is 0.263. The second kappa shape index (κ2) is 9.11. The van der Waals surface area contributed by atoms with Gasteiger partial charge in [-0.15, -0.1) is 0 Å². The van der Waals surface area contributed by atoms with Crippen LogP contribution in [0.15, 0.2) is 46.9 Å². The summed E-state index contributed by atoms with van der Waals surface area (Å²) in [6.45, 7) is 1.57. The van der Waals surface area contributed by atoms with Gasteiger partial charge in [-0.25, -0.2) is 0 Å². The zero-order valence-corrected chi connectivity index (χ0v) is 17.4. The number of carbonyl (C=O) groups excluding carboxylic acids is 1. The van der Waals surface area contributed by atoms with Crippen LogP contribution in [0, 0.1) is 10.1 Å². The van der Waals surface area contributed by atoms with Gasteiger partial charge in [0, 0.05) is 29.2 Å². The topological polar surface area (TPSA) is 87.5 Å². The summed E-state index contributed by atoms with van der Waals surface area (Å²) < 4.78 is 0.799. The lowest BCUT2D eigenvalue weighted by molar-refractivity contribution is -0.384. The zero-order chi connectivity index (χ0) is 20.1. The average Bonchev–Trinajstić information content (AvgIpc) is 2.70. The first-order chi connectivity index (χ1) is 13.5. The highest BCUT2D eigenvalue weighted by Crippen LogP contribution is 2.31. The molecular weight excluding hydrogens is 444 g/mol. The molecule has 9 heteroatoms. The Labute approximate surface area is 176 Å². The number of amides is 1. The molecule has 28 heavy (non-hydrogen) atoms. The first kappa shape index (κ1) is 20.2. The minimum Gasteiger partial charge on any atom is -0.366 e. The Hall–Kier alpha value is -2.52. The number of nitro groups is 1. The molecule has 2 aromatic rings. The lowest BCUT2D eigenvalue weighted by atomic mass is 10.1. The van der Waals surface area contributed by atoms with E-state index in [1.165, 1.54) is 6.07 Å². The number of benzene rings is 2. The van der Waals surface area contributed by atoms with E-state index >= 15 is 0 Å². The fourth-order valence-electron chi connectivity index (χ4n) is 3.10. The van der Waals surface area contributed by atoms with Gasteiger partial charge in [-0.2, -0.15) is 0 Å². The molecule has 2 aromatic carbocycles. The van der Waals surface area contributed by atoms with Crippen molar-refractivity contribution in [2.45, 2.75) is 19.3 Å². The van der Waals surface area contributed by atoms with Gasteiger partial charge in [-0.1, -0.05) is 12.1 Å². The predicted molar refractivity (Wildman–Crippen MR) is 117 cm³/mol. The molecule has 1 heterocycles. The van der Waals surface area contributed by atoms with Crippen molar-refractivity contribution in [3.63, 3.8) is 0 Å². The number of hydrogen-bond acceptors (Lipinski definition) is 5. The molecule has 1 fully saturated rings. The highest BCUT2D eigenvalue weighted by Gasteiger charge is 2.23. The third-order valence-electron chi connectivity index (χ3n) is 4.48. The first-order valence-corrected chi connectivity index (χ1v) is 10.1. The number of anilines is 2. The second-order valence-corrected chi connectivity index (χ2v) is 7.66. The molecule has 0 bridgehead atoms.